The number of nitrogens with one attached hydrogen (secondary N) is 1. The number of carboxylic acids is 2. The molecule has 2 saturated heterocycles. The van der Waals surface area contributed by atoms with Crippen LogP contribution in [0.1, 0.15) is 19.3 Å². The Balaban J connectivity index is 0.000000271. The number of carbonyl (C=O) groups is 3. The van der Waals surface area contributed by atoms with Crippen LogP contribution in [-0.2, 0) is 14.4 Å². The Morgan fingerprint density at radius 2 is 1.72 bits per heavy atom. The Bertz CT molecular complexity index is 886. The standard InChI is InChI=1S/C17H23N3O2.2C2HF3O2/c21-16-17(5-7-20(12-17)10-13-3-4-13)14(8-19-16)11-22-15-2-1-6-18-9-15;2*3-2(4,5)1(6)7/h1-2,6,9,13-14H,3-5,7-8,10-12H2,(H,19,21);2*(H,6,7)/t14-,17+;;/m0../s1. The number of halogens is 6. The lowest BCUT2D eigenvalue weighted by Gasteiger charge is -2.28. The average molecular weight is 529 g/mol. The zero-order chi connectivity index (χ0) is 27.1. The topological polar surface area (TPSA) is 129 Å². The maximum absolute atomic E-state index is 12.5. The van der Waals surface area contributed by atoms with Gasteiger partial charge in [0.15, 0.2) is 0 Å². The van der Waals surface area contributed by atoms with E-state index in [1.165, 1.54) is 19.4 Å². The van der Waals surface area contributed by atoms with Crippen LogP contribution in [0.25, 0.3) is 0 Å². The lowest BCUT2D eigenvalue weighted by molar-refractivity contribution is -0.193. The van der Waals surface area contributed by atoms with E-state index in [0.717, 1.165) is 37.7 Å². The quantitative estimate of drug-likeness (QED) is 0.497. The molecule has 1 saturated carbocycles. The van der Waals surface area contributed by atoms with Crippen LogP contribution in [0.4, 0.5) is 26.3 Å². The van der Waals surface area contributed by atoms with Crippen molar-refractivity contribution in [3.05, 3.63) is 24.5 Å². The lowest BCUT2D eigenvalue weighted by atomic mass is 9.77. The summed E-state index contributed by atoms with van der Waals surface area (Å²) in [6.07, 6.45) is -3.01. The molecule has 9 nitrogen and oxygen atoms in total. The van der Waals surface area contributed by atoms with Crippen molar-refractivity contribution in [2.24, 2.45) is 17.3 Å². The first kappa shape index (κ1) is 29.1. The summed E-state index contributed by atoms with van der Waals surface area (Å²) in [4.78, 5) is 36.8. The Morgan fingerprint density at radius 3 is 2.19 bits per heavy atom. The fourth-order valence-electron chi connectivity index (χ4n) is 3.88. The SMILES string of the molecule is O=C(O)C(F)(F)F.O=C(O)C(F)(F)F.O=C1NC[C@@H](COc2cccnc2)[C@]12CCN(CC1CC1)C2. The molecular formula is C21H25F6N3O6. The predicted molar refractivity (Wildman–Crippen MR) is 110 cm³/mol. The molecule has 3 aliphatic rings. The lowest BCUT2D eigenvalue weighted by Crippen LogP contribution is -2.40. The molecule has 3 fully saturated rings. The summed E-state index contributed by atoms with van der Waals surface area (Å²) in [6, 6.07) is 3.79. The molecule has 0 bridgehead atoms. The number of aromatic nitrogens is 1. The van der Waals surface area contributed by atoms with E-state index in [1.807, 2.05) is 12.1 Å². The van der Waals surface area contributed by atoms with Crippen molar-refractivity contribution in [3.8, 4) is 5.75 Å². The number of rotatable bonds is 5. The summed E-state index contributed by atoms with van der Waals surface area (Å²) in [7, 11) is 0. The van der Waals surface area contributed by atoms with Crippen LogP contribution in [0.5, 0.6) is 5.75 Å². The van der Waals surface area contributed by atoms with Gasteiger partial charge in [0, 0.05) is 31.7 Å². The van der Waals surface area contributed by atoms with Gasteiger partial charge in [-0.05, 0) is 43.9 Å². The number of nitrogens with zero attached hydrogens (tertiary/aromatic N) is 2. The van der Waals surface area contributed by atoms with Gasteiger partial charge < -0.3 is 25.2 Å². The molecular weight excluding hydrogens is 504 g/mol. The molecule has 1 aromatic heterocycles. The van der Waals surface area contributed by atoms with E-state index >= 15 is 0 Å². The zero-order valence-electron chi connectivity index (χ0n) is 18.8. The number of carbonyl (C=O) groups excluding carboxylic acids is 1. The summed E-state index contributed by atoms with van der Waals surface area (Å²) in [5.41, 5.74) is -0.239. The molecule has 202 valence electrons. The molecule has 1 aliphatic carbocycles. The second kappa shape index (κ2) is 11.8. The van der Waals surface area contributed by atoms with E-state index in [9.17, 15) is 31.1 Å². The minimum Gasteiger partial charge on any atom is -0.492 e. The van der Waals surface area contributed by atoms with Crippen molar-refractivity contribution in [2.75, 3.05) is 32.8 Å². The number of alkyl halides is 6. The molecule has 1 aromatic rings. The van der Waals surface area contributed by atoms with Gasteiger partial charge in [-0.3, -0.25) is 9.78 Å². The van der Waals surface area contributed by atoms with Gasteiger partial charge in [-0.25, -0.2) is 9.59 Å². The van der Waals surface area contributed by atoms with Gasteiger partial charge in [0.25, 0.3) is 0 Å². The minimum absolute atomic E-state index is 0.227. The van der Waals surface area contributed by atoms with E-state index in [0.29, 0.717) is 6.61 Å². The summed E-state index contributed by atoms with van der Waals surface area (Å²) >= 11 is 0. The molecule has 1 amide bonds. The molecule has 0 radical (unpaired) electrons. The number of hydrogen-bond acceptors (Lipinski definition) is 6. The van der Waals surface area contributed by atoms with Crippen molar-refractivity contribution in [1.82, 2.24) is 15.2 Å². The smallest absolute Gasteiger partial charge is 0.490 e. The number of hydrogen-bond donors (Lipinski definition) is 3. The van der Waals surface area contributed by atoms with Gasteiger partial charge in [-0.15, -0.1) is 0 Å². The average Bonchev–Trinajstić information content (AvgIpc) is 3.42. The Hall–Kier alpha value is -3.10. The molecule has 2 atom stereocenters. The second-order valence-electron chi connectivity index (χ2n) is 8.60. The first-order chi connectivity index (χ1) is 16.6. The summed E-state index contributed by atoms with van der Waals surface area (Å²) < 4.78 is 69.4. The molecule has 36 heavy (non-hydrogen) atoms. The molecule has 1 spiro atoms. The van der Waals surface area contributed by atoms with Crippen LogP contribution in [0.3, 0.4) is 0 Å². The Kier molecular flexibility index (Phi) is 9.51. The maximum Gasteiger partial charge on any atom is 0.490 e. The van der Waals surface area contributed by atoms with Crippen molar-refractivity contribution >= 4 is 17.8 Å². The molecule has 0 aromatic carbocycles. The number of pyridine rings is 1. The third-order valence-corrected chi connectivity index (χ3v) is 5.91. The largest absolute Gasteiger partial charge is 0.492 e. The highest BCUT2D eigenvalue weighted by Crippen LogP contribution is 2.43. The number of amides is 1. The van der Waals surface area contributed by atoms with Crippen LogP contribution in [0.2, 0.25) is 0 Å². The fourth-order valence-corrected chi connectivity index (χ4v) is 3.88. The molecule has 2 aliphatic heterocycles. The molecule has 15 heteroatoms. The highest BCUT2D eigenvalue weighted by Gasteiger charge is 2.54. The Labute approximate surface area is 201 Å². The van der Waals surface area contributed by atoms with Gasteiger partial charge in [0.05, 0.1) is 18.2 Å². The van der Waals surface area contributed by atoms with Crippen molar-refractivity contribution in [3.63, 3.8) is 0 Å². The molecule has 0 unspecified atom stereocenters. The highest BCUT2D eigenvalue weighted by molar-refractivity contribution is 5.86. The predicted octanol–water partition coefficient (Wildman–Crippen LogP) is 2.58. The number of likely N-dealkylation sites (tertiary alicyclic amines) is 1. The van der Waals surface area contributed by atoms with E-state index in [2.05, 4.69) is 15.2 Å². The van der Waals surface area contributed by atoms with Gasteiger partial charge in [-0.2, -0.15) is 26.3 Å². The van der Waals surface area contributed by atoms with Crippen LogP contribution in [-0.4, -0.2) is 83.1 Å². The molecule has 3 N–H and O–H groups in total. The van der Waals surface area contributed by atoms with E-state index in [-0.39, 0.29) is 17.2 Å². The van der Waals surface area contributed by atoms with Crippen LogP contribution in [0.15, 0.2) is 24.5 Å². The minimum atomic E-state index is -5.08. The Morgan fingerprint density at radius 1 is 1.14 bits per heavy atom. The zero-order valence-corrected chi connectivity index (χ0v) is 18.8. The summed E-state index contributed by atoms with van der Waals surface area (Å²) in [5.74, 6) is -3.37. The maximum atomic E-state index is 12.5. The monoisotopic (exact) mass is 529 g/mol. The fraction of sp³-hybridized carbons (Fsp3) is 0.619. The summed E-state index contributed by atoms with van der Waals surface area (Å²) in [5, 5.41) is 17.3. The highest BCUT2D eigenvalue weighted by atomic mass is 19.4. The van der Waals surface area contributed by atoms with Crippen molar-refractivity contribution < 1.29 is 55.7 Å². The second-order valence-corrected chi connectivity index (χ2v) is 8.60. The van der Waals surface area contributed by atoms with Crippen LogP contribution < -0.4 is 10.1 Å². The van der Waals surface area contributed by atoms with Crippen LogP contribution >= 0.6 is 0 Å². The first-order valence-electron chi connectivity index (χ1n) is 10.8. The third-order valence-electron chi connectivity index (χ3n) is 5.91. The summed E-state index contributed by atoms with van der Waals surface area (Å²) in [6.45, 7) is 4.44. The van der Waals surface area contributed by atoms with E-state index in [4.69, 9.17) is 24.5 Å². The van der Waals surface area contributed by atoms with Crippen molar-refractivity contribution in [1.29, 1.82) is 0 Å². The van der Waals surface area contributed by atoms with E-state index < -0.39 is 24.3 Å². The number of carboxylic acid groups (broad SMARTS) is 2. The number of aliphatic carboxylic acids is 2. The van der Waals surface area contributed by atoms with Gasteiger partial charge >= 0.3 is 24.3 Å². The first-order valence-corrected chi connectivity index (χ1v) is 10.8. The number of ether oxygens (including phenoxy) is 1. The molecule has 4 rings (SSSR count). The third kappa shape index (κ3) is 8.53. The molecule has 3 heterocycles. The normalized spacial score (nSPS) is 23.7. The van der Waals surface area contributed by atoms with Gasteiger partial charge in [0.2, 0.25) is 5.91 Å². The van der Waals surface area contributed by atoms with Gasteiger partial charge in [0.1, 0.15) is 5.75 Å². The van der Waals surface area contributed by atoms with E-state index in [1.54, 1.807) is 12.4 Å². The van der Waals surface area contributed by atoms with Gasteiger partial charge in [-0.1, -0.05) is 0 Å². The van der Waals surface area contributed by atoms with Crippen molar-refractivity contribution in [2.45, 2.75) is 31.6 Å². The van der Waals surface area contributed by atoms with Crippen LogP contribution in [0, 0.1) is 17.3 Å².